The van der Waals surface area contributed by atoms with E-state index in [-0.39, 0.29) is 11.9 Å². The van der Waals surface area contributed by atoms with Gasteiger partial charge in [-0.15, -0.1) is 16.2 Å². The summed E-state index contributed by atoms with van der Waals surface area (Å²) >= 11 is 1.38. The van der Waals surface area contributed by atoms with Crippen molar-refractivity contribution in [3.05, 3.63) is 30.2 Å². The van der Waals surface area contributed by atoms with Crippen LogP contribution in [-0.2, 0) is 19.6 Å². The van der Waals surface area contributed by atoms with Gasteiger partial charge in [-0.25, -0.2) is 13.4 Å². The van der Waals surface area contributed by atoms with Crippen LogP contribution in [0.2, 0.25) is 0 Å². The van der Waals surface area contributed by atoms with E-state index in [0.29, 0.717) is 49.7 Å². The molecular weight excluding hydrogens is 506 g/mol. The molecule has 2 fully saturated rings. The summed E-state index contributed by atoms with van der Waals surface area (Å²) in [5.41, 5.74) is 1.06. The molecule has 0 spiro atoms. The molecule has 1 saturated heterocycles. The van der Waals surface area contributed by atoms with E-state index in [2.05, 4.69) is 20.0 Å². The SMILES string of the molecule is CCC(NC(=O)C(N/C(=N/S(C)(=O)=O)N1CCOCC1)SCC1CC1)C(=O)c1nc2ccccc2o1. The van der Waals surface area contributed by atoms with Gasteiger partial charge in [0.2, 0.25) is 11.7 Å². The zero-order valence-electron chi connectivity index (χ0n) is 20.3. The van der Waals surface area contributed by atoms with Gasteiger partial charge in [-0.3, -0.25) is 9.59 Å². The van der Waals surface area contributed by atoms with Gasteiger partial charge in [0.1, 0.15) is 5.52 Å². The van der Waals surface area contributed by atoms with Crippen LogP contribution in [0.15, 0.2) is 33.1 Å². The van der Waals surface area contributed by atoms with E-state index in [1.165, 1.54) is 11.8 Å². The molecule has 1 aliphatic heterocycles. The molecule has 1 aliphatic carbocycles. The zero-order valence-corrected chi connectivity index (χ0v) is 21.9. The molecule has 36 heavy (non-hydrogen) atoms. The van der Waals surface area contributed by atoms with Crippen LogP contribution in [0, 0.1) is 5.92 Å². The number of nitrogens with zero attached hydrogens (tertiary/aromatic N) is 3. The Labute approximate surface area is 214 Å². The van der Waals surface area contributed by atoms with Crippen molar-refractivity contribution >= 4 is 50.5 Å². The molecule has 11 nitrogen and oxygen atoms in total. The highest BCUT2D eigenvalue weighted by atomic mass is 32.2. The van der Waals surface area contributed by atoms with E-state index >= 15 is 0 Å². The number of aromatic nitrogens is 1. The summed E-state index contributed by atoms with van der Waals surface area (Å²) < 4.78 is 38.8. The lowest BCUT2D eigenvalue weighted by atomic mass is 10.1. The number of oxazole rings is 1. The normalized spacial score (nSPS) is 18.6. The molecule has 1 amide bonds. The third-order valence-corrected chi connectivity index (χ3v) is 7.64. The fourth-order valence-corrected chi connectivity index (χ4v) is 5.34. The number of thioether (sulfide) groups is 1. The Hall–Kier alpha value is -2.64. The van der Waals surface area contributed by atoms with Crippen LogP contribution in [0.25, 0.3) is 11.1 Å². The lowest BCUT2D eigenvalue weighted by Gasteiger charge is -2.32. The average Bonchev–Trinajstić information content (AvgIpc) is 3.59. The minimum absolute atomic E-state index is 0.0638. The largest absolute Gasteiger partial charge is 0.434 e. The van der Waals surface area contributed by atoms with Crippen molar-refractivity contribution < 1.29 is 27.2 Å². The van der Waals surface area contributed by atoms with Crippen molar-refractivity contribution in [2.75, 3.05) is 38.3 Å². The monoisotopic (exact) mass is 537 g/mol. The molecule has 2 unspecified atom stereocenters. The molecule has 1 aromatic heterocycles. The van der Waals surface area contributed by atoms with Crippen LogP contribution >= 0.6 is 11.8 Å². The number of nitrogens with one attached hydrogen (secondary N) is 2. The molecule has 1 saturated carbocycles. The summed E-state index contributed by atoms with van der Waals surface area (Å²) in [7, 11) is -3.73. The summed E-state index contributed by atoms with van der Waals surface area (Å²) in [6.07, 6.45) is 3.54. The number of sulfonamides is 1. The molecule has 0 radical (unpaired) electrons. The second-order valence-corrected chi connectivity index (χ2v) is 11.7. The Bertz CT molecular complexity index is 1190. The minimum atomic E-state index is -3.73. The van der Waals surface area contributed by atoms with E-state index in [1.807, 2.05) is 0 Å². The molecule has 196 valence electrons. The first-order chi connectivity index (χ1) is 17.2. The van der Waals surface area contributed by atoms with Crippen LogP contribution in [0.3, 0.4) is 0 Å². The molecule has 2 atom stereocenters. The van der Waals surface area contributed by atoms with Gasteiger partial charge >= 0.3 is 0 Å². The maximum atomic E-state index is 13.4. The molecule has 2 N–H and O–H groups in total. The van der Waals surface area contributed by atoms with Crippen molar-refractivity contribution in [2.45, 2.75) is 37.6 Å². The number of fused-ring (bicyclic) bond motifs is 1. The summed E-state index contributed by atoms with van der Waals surface area (Å²) in [6, 6.07) is 6.21. The summed E-state index contributed by atoms with van der Waals surface area (Å²) in [5, 5.41) is 4.99. The molecule has 2 heterocycles. The zero-order chi connectivity index (χ0) is 25.7. The van der Waals surface area contributed by atoms with Gasteiger partial charge < -0.3 is 24.7 Å². The maximum absolute atomic E-state index is 13.4. The van der Waals surface area contributed by atoms with Crippen LogP contribution in [0.5, 0.6) is 0 Å². The van der Waals surface area contributed by atoms with E-state index in [4.69, 9.17) is 9.15 Å². The van der Waals surface area contributed by atoms with Gasteiger partial charge in [0, 0.05) is 13.1 Å². The van der Waals surface area contributed by atoms with Gasteiger partial charge in [-0.05, 0) is 43.1 Å². The molecule has 2 aliphatic rings. The lowest BCUT2D eigenvalue weighted by Crippen LogP contribution is -2.55. The number of Topliss-reactive ketones (excluding diaryl/α,β-unsaturated/α-hetero) is 1. The van der Waals surface area contributed by atoms with Crippen molar-refractivity contribution in [2.24, 2.45) is 10.3 Å². The lowest BCUT2D eigenvalue weighted by molar-refractivity contribution is -0.121. The van der Waals surface area contributed by atoms with E-state index < -0.39 is 33.1 Å². The van der Waals surface area contributed by atoms with Gasteiger partial charge in [0.05, 0.1) is 25.5 Å². The number of ketones is 1. The predicted molar refractivity (Wildman–Crippen MR) is 137 cm³/mol. The van der Waals surface area contributed by atoms with Crippen LogP contribution < -0.4 is 10.6 Å². The van der Waals surface area contributed by atoms with E-state index in [9.17, 15) is 18.0 Å². The Morgan fingerprint density at radius 3 is 2.58 bits per heavy atom. The summed E-state index contributed by atoms with van der Waals surface area (Å²) in [4.78, 5) is 32.5. The molecule has 4 rings (SSSR count). The van der Waals surface area contributed by atoms with Crippen molar-refractivity contribution in [1.82, 2.24) is 20.5 Å². The number of amides is 1. The molecule has 0 bridgehead atoms. The van der Waals surface area contributed by atoms with Gasteiger partial charge in [0.15, 0.2) is 11.0 Å². The van der Waals surface area contributed by atoms with Gasteiger partial charge in [-0.2, -0.15) is 0 Å². The second-order valence-electron chi connectivity index (χ2n) is 8.87. The Balaban J connectivity index is 1.51. The molecular formula is C23H31N5O6S2. The first kappa shape index (κ1) is 26.4. The Morgan fingerprint density at radius 2 is 1.94 bits per heavy atom. The van der Waals surface area contributed by atoms with Crippen molar-refractivity contribution in [3.8, 4) is 0 Å². The summed E-state index contributed by atoms with van der Waals surface area (Å²) in [6.45, 7) is 3.52. The molecule has 2 aromatic rings. The minimum Gasteiger partial charge on any atom is -0.434 e. The highest BCUT2D eigenvalue weighted by molar-refractivity contribution is 8.00. The smallest absolute Gasteiger partial charge is 0.266 e. The second kappa shape index (κ2) is 11.6. The Morgan fingerprint density at radius 1 is 1.22 bits per heavy atom. The quantitative estimate of drug-likeness (QED) is 0.199. The van der Waals surface area contributed by atoms with Gasteiger partial charge in [0.25, 0.3) is 21.8 Å². The number of rotatable bonds is 10. The van der Waals surface area contributed by atoms with E-state index in [1.54, 1.807) is 36.1 Å². The maximum Gasteiger partial charge on any atom is 0.266 e. The molecule has 1 aromatic carbocycles. The Kier molecular flexibility index (Phi) is 8.52. The van der Waals surface area contributed by atoms with E-state index in [0.717, 1.165) is 24.9 Å². The first-order valence-corrected chi connectivity index (χ1v) is 14.8. The number of guanidine groups is 1. The number of carbonyl (C=O) groups is 2. The number of ether oxygens (including phenoxy) is 1. The number of benzene rings is 1. The third kappa shape index (κ3) is 7.20. The average molecular weight is 538 g/mol. The highest BCUT2D eigenvalue weighted by Gasteiger charge is 2.32. The fraction of sp³-hybridized carbons (Fsp3) is 0.565. The van der Waals surface area contributed by atoms with Crippen LogP contribution in [0.4, 0.5) is 0 Å². The topological polar surface area (TPSA) is 143 Å². The number of carbonyl (C=O) groups excluding carboxylic acids is 2. The third-order valence-electron chi connectivity index (χ3n) is 5.80. The standard InChI is InChI=1S/C23H31N5O6S2/c1-3-16(19(29)21-25-17-6-4-5-7-18(17)34-21)24-20(30)22(35-14-15-8-9-15)26-23(27-36(2,31)32)28-10-12-33-13-11-28/h4-7,15-16,22H,3,8-14H2,1-2H3,(H,24,30)(H,26,27). The highest BCUT2D eigenvalue weighted by Crippen LogP contribution is 2.33. The van der Waals surface area contributed by atoms with Crippen LogP contribution in [0.1, 0.15) is 36.9 Å². The number of morpholine rings is 1. The van der Waals surface area contributed by atoms with Crippen molar-refractivity contribution in [3.63, 3.8) is 0 Å². The fourth-order valence-electron chi connectivity index (χ4n) is 3.65. The number of para-hydroxylation sites is 2. The molecule has 13 heteroatoms. The van der Waals surface area contributed by atoms with Gasteiger partial charge in [-0.1, -0.05) is 19.1 Å². The number of hydrogen-bond acceptors (Lipinski definition) is 8. The predicted octanol–water partition coefficient (Wildman–Crippen LogP) is 1.61. The van der Waals surface area contributed by atoms with Crippen LogP contribution in [-0.4, -0.2) is 85.7 Å². The van der Waals surface area contributed by atoms with Crippen molar-refractivity contribution in [1.29, 1.82) is 0 Å². The number of hydrogen-bond donors (Lipinski definition) is 2. The first-order valence-electron chi connectivity index (χ1n) is 11.9. The summed E-state index contributed by atoms with van der Waals surface area (Å²) in [5.74, 6) is 0.427.